The van der Waals surface area contributed by atoms with Crippen molar-refractivity contribution in [1.82, 2.24) is 15.5 Å². The summed E-state index contributed by atoms with van der Waals surface area (Å²) in [5.41, 5.74) is 0.804. The first kappa shape index (κ1) is 16.3. The van der Waals surface area contributed by atoms with Crippen molar-refractivity contribution in [2.24, 2.45) is 0 Å². The third-order valence-electron chi connectivity index (χ3n) is 3.11. The lowest BCUT2D eigenvalue weighted by molar-refractivity contribution is 0.0942. The average Bonchev–Trinajstić information content (AvgIpc) is 3.11. The molecule has 2 N–H and O–H groups in total. The van der Waals surface area contributed by atoms with Crippen LogP contribution < -0.4 is 10.6 Å². The molecule has 0 spiro atoms. The van der Waals surface area contributed by atoms with Crippen LogP contribution >= 0.6 is 23.2 Å². The Morgan fingerprint density at radius 3 is 2.67 bits per heavy atom. The minimum Gasteiger partial charge on any atom is -0.467 e. The molecular weight excluding hydrogens is 351 g/mol. The van der Waals surface area contributed by atoms with Gasteiger partial charge in [-0.3, -0.25) is 4.79 Å². The lowest BCUT2D eigenvalue weighted by atomic mass is 10.3. The van der Waals surface area contributed by atoms with E-state index >= 15 is 0 Å². The fraction of sp³-hybridized carbons (Fsp3) is 0.0625. The van der Waals surface area contributed by atoms with Gasteiger partial charge in [0.15, 0.2) is 11.5 Å². The van der Waals surface area contributed by atoms with E-state index in [2.05, 4.69) is 20.8 Å². The number of hydrogen-bond acceptors (Lipinski definition) is 5. The van der Waals surface area contributed by atoms with Gasteiger partial charge in [-0.1, -0.05) is 29.3 Å². The molecule has 0 aliphatic heterocycles. The minimum absolute atomic E-state index is 0.198. The molecule has 0 atom stereocenters. The molecule has 2 aromatic heterocycles. The summed E-state index contributed by atoms with van der Waals surface area (Å²) in [6, 6.07) is 11.9. The molecule has 0 fully saturated rings. The summed E-state index contributed by atoms with van der Waals surface area (Å²) < 4.78 is 5.14. The van der Waals surface area contributed by atoms with Crippen molar-refractivity contribution < 1.29 is 9.21 Å². The Bertz CT molecular complexity index is 836. The first-order valence-corrected chi connectivity index (χ1v) is 7.74. The number of nitrogens with zero attached hydrogens (tertiary/aromatic N) is 2. The van der Waals surface area contributed by atoms with Crippen molar-refractivity contribution in [3.8, 4) is 0 Å². The first-order valence-electron chi connectivity index (χ1n) is 6.99. The predicted octanol–water partition coefficient (Wildman–Crippen LogP) is 4.05. The zero-order chi connectivity index (χ0) is 16.9. The Balaban J connectivity index is 1.64. The van der Waals surface area contributed by atoms with Crippen LogP contribution in [0.25, 0.3) is 0 Å². The lowest BCUT2D eigenvalue weighted by Crippen LogP contribution is -2.23. The highest BCUT2D eigenvalue weighted by atomic mass is 35.5. The molecule has 0 bridgehead atoms. The number of anilines is 2. The summed E-state index contributed by atoms with van der Waals surface area (Å²) in [6.07, 6.45) is 1.54. The highest BCUT2D eigenvalue weighted by molar-refractivity contribution is 6.43. The van der Waals surface area contributed by atoms with E-state index in [4.69, 9.17) is 27.6 Å². The number of amides is 1. The lowest BCUT2D eigenvalue weighted by Gasteiger charge is -2.08. The number of aromatic nitrogens is 2. The van der Waals surface area contributed by atoms with Gasteiger partial charge in [0.2, 0.25) is 0 Å². The molecule has 24 heavy (non-hydrogen) atoms. The van der Waals surface area contributed by atoms with Crippen LogP contribution in [0.5, 0.6) is 0 Å². The Hall–Kier alpha value is -2.57. The molecule has 0 saturated carbocycles. The van der Waals surface area contributed by atoms with Crippen LogP contribution in [-0.4, -0.2) is 16.1 Å². The molecule has 3 rings (SSSR count). The first-order chi connectivity index (χ1) is 11.6. The van der Waals surface area contributed by atoms with E-state index in [1.54, 1.807) is 48.7 Å². The average molecular weight is 363 g/mol. The molecule has 0 unspecified atom stereocenters. The van der Waals surface area contributed by atoms with Crippen molar-refractivity contribution in [2.45, 2.75) is 6.54 Å². The molecule has 3 aromatic rings. The summed E-state index contributed by atoms with van der Waals surface area (Å²) in [4.78, 5) is 12.0. The Labute approximate surface area is 147 Å². The van der Waals surface area contributed by atoms with E-state index in [-0.39, 0.29) is 18.1 Å². The molecular formula is C16H12Cl2N4O2. The molecule has 8 heteroatoms. The number of carbonyl (C=O) groups excluding carboxylic acids is 1. The summed E-state index contributed by atoms with van der Waals surface area (Å²) in [7, 11) is 0. The van der Waals surface area contributed by atoms with Crippen LogP contribution in [0.3, 0.4) is 0 Å². The Kier molecular flexibility index (Phi) is 4.98. The second-order valence-electron chi connectivity index (χ2n) is 4.79. The molecule has 0 aliphatic rings. The van der Waals surface area contributed by atoms with Crippen LogP contribution in [0.1, 0.15) is 16.2 Å². The van der Waals surface area contributed by atoms with Gasteiger partial charge in [0, 0.05) is 0 Å². The van der Waals surface area contributed by atoms with Crippen LogP contribution in [0.15, 0.2) is 53.1 Å². The monoisotopic (exact) mass is 362 g/mol. The maximum absolute atomic E-state index is 12.0. The number of carbonyl (C=O) groups is 1. The predicted molar refractivity (Wildman–Crippen MR) is 91.7 cm³/mol. The minimum atomic E-state index is -0.341. The van der Waals surface area contributed by atoms with Gasteiger partial charge in [0.1, 0.15) is 5.76 Å². The van der Waals surface area contributed by atoms with Gasteiger partial charge in [-0.15, -0.1) is 10.2 Å². The number of nitrogens with one attached hydrogen (secondary N) is 2. The molecule has 0 saturated heterocycles. The number of furan rings is 1. The van der Waals surface area contributed by atoms with Gasteiger partial charge in [0.05, 0.1) is 28.5 Å². The van der Waals surface area contributed by atoms with E-state index in [1.807, 2.05) is 0 Å². The molecule has 0 radical (unpaired) electrons. The standard InChI is InChI=1S/C16H12Cl2N4O2/c17-11-4-1-5-12(15(11)18)20-14-7-6-13(21-22-14)16(23)19-9-10-3-2-8-24-10/h1-8H,9H2,(H,19,23)(H,20,22). The maximum Gasteiger partial charge on any atom is 0.272 e. The highest BCUT2D eigenvalue weighted by Gasteiger charge is 2.10. The van der Waals surface area contributed by atoms with Gasteiger partial charge >= 0.3 is 0 Å². The van der Waals surface area contributed by atoms with Gasteiger partial charge < -0.3 is 15.1 Å². The number of hydrogen-bond donors (Lipinski definition) is 2. The van der Waals surface area contributed by atoms with E-state index in [1.165, 1.54) is 0 Å². The fourth-order valence-electron chi connectivity index (χ4n) is 1.93. The number of benzene rings is 1. The molecule has 122 valence electrons. The Morgan fingerprint density at radius 1 is 1.08 bits per heavy atom. The summed E-state index contributed by atoms with van der Waals surface area (Å²) >= 11 is 12.1. The van der Waals surface area contributed by atoms with E-state index in [0.29, 0.717) is 27.3 Å². The van der Waals surface area contributed by atoms with Crippen LogP contribution in [0, 0.1) is 0 Å². The van der Waals surface area contributed by atoms with E-state index in [9.17, 15) is 4.79 Å². The summed E-state index contributed by atoms with van der Waals surface area (Å²) in [5, 5.41) is 14.4. The summed E-state index contributed by atoms with van der Waals surface area (Å²) in [5.74, 6) is 0.762. The summed E-state index contributed by atoms with van der Waals surface area (Å²) in [6.45, 7) is 0.283. The fourth-order valence-corrected chi connectivity index (χ4v) is 2.28. The second-order valence-corrected chi connectivity index (χ2v) is 5.58. The normalized spacial score (nSPS) is 10.4. The molecule has 1 amide bonds. The molecule has 6 nitrogen and oxygen atoms in total. The SMILES string of the molecule is O=C(NCc1ccco1)c1ccc(Nc2cccc(Cl)c2Cl)nn1. The highest BCUT2D eigenvalue weighted by Crippen LogP contribution is 2.31. The zero-order valence-corrected chi connectivity index (χ0v) is 13.8. The topological polar surface area (TPSA) is 80.0 Å². The van der Waals surface area contributed by atoms with Crippen molar-refractivity contribution in [2.75, 3.05) is 5.32 Å². The van der Waals surface area contributed by atoms with Crippen LogP contribution in [0.4, 0.5) is 11.5 Å². The smallest absolute Gasteiger partial charge is 0.272 e. The maximum atomic E-state index is 12.0. The zero-order valence-electron chi connectivity index (χ0n) is 12.3. The van der Waals surface area contributed by atoms with Crippen molar-refractivity contribution in [3.05, 3.63) is 70.2 Å². The van der Waals surface area contributed by atoms with Crippen molar-refractivity contribution in [1.29, 1.82) is 0 Å². The Morgan fingerprint density at radius 2 is 1.96 bits per heavy atom. The van der Waals surface area contributed by atoms with E-state index in [0.717, 1.165) is 0 Å². The quantitative estimate of drug-likeness (QED) is 0.715. The molecule has 1 aromatic carbocycles. The second kappa shape index (κ2) is 7.33. The van der Waals surface area contributed by atoms with Crippen LogP contribution in [0.2, 0.25) is 10.0 Å². The van der Waals surface area contributed by atoms with Gasteiger partial charge in [0.25, 0.3) is 5.91 Å². The van der Waals surface area contributed by atoms with Crippen LogP contribution in [-0.2, 0) is 6.54 Å². The molecule has 2 heterocycles. The largest absolute Gasteiger partial charge is 0.467 e. The van der Waals surface area contributed by atoms with Gasteiger partial charge in [-0.25, -0.2) is 0 Å². The third kappa shape index (κ3) is 3.84. The van der Waals surface area contributed by atoms with E-state index < -0.39 is 0 Å². The number of rotatable bonds is 5. The van der Waals surface area contributed by atoms with Crippen molar-refractivity contribution >= 4 is 40.6 Å². The molecule has 0 aliphatic carbocycles. The third-order valence-corrected chi connectivity index (χ3v) is 3.93. The number of halogens is 2. The van der Waals surface area contributed by atoms with Gasteiger partial charge in [-0.05, 0) is 36.4 Å². The van der Waals surface area contributed by atoms with Gasteiger partial charge in [-0.2, -0.15) is 0 Å². The van der Waals surface area contributed by atoms with Crippen molar-refractivity contribution in [3.63, 3.8) is 0 Å².